The van der Waals surface area contributed by atoms with Gasteiger partial charge in [0, 0.05) is 0 Å². The van der Waals surface area contributed by atoms with E-state index >= 15 is 0 Å². The van der Waals surface area contributed by atoms with Gasteiger partial charge in [0.1, 0.15) is 6.04 Å². The van der Waals surface area contributed by atoms with Crippen LogP contribution in [0.1, 0.15) is 11.4 Å². The zero-order valence-corrected chi connectivity index (χ0v) is 10.9. The molecule has 10 heteroatoms. The Morgan fingerprint density at radius 3 is 2.61 bits per heavy atom. The van der Waals surface area contributed by atoms with Crippen molar-refractivity contribution in [2.75, 3.05) is 0 Å². The van der Waals surface area contributed by atoms with Crippen LogP contribution in [-0.4, -0.2) is 36.4 Å². The number of rotatable bonds is 6. The van der Waals surface area contributed by atoms with E-state index in [1.807, 2.05) is 4.72 Å². The molecule has 18 heavy (non-hydrogen) atoms. The zero-order valence-electron chi connectivity index (χ0n) is 9.28. The van der Waals surface area contributed by atoms with Gasteiger partial charge < -0.3 is 10.8 Å². The Bertz CT molecular complexity index is 565. The Morgan fingerprint density at radius 1 is 1.61 bits per heavy atom. The number of amides is 1. The van der Waals surface area contributed by atoms with Crippen molar-refractivity contribution in [2.45, 2.75) is 23.6 Å². The van der Waals surface area contributed by atoms with E-state index in [2.05, 4.69) is 4.98 Å². The number of primary amides is 1. The highest BCUT2D eigenvalue weighted by atomic mass is 32.2. The lowest BCUT2D eigenvalue weighted by molar-refractivity contribution is -0.140. The molecule has 0 aliphatic heterocycles. The van der Waals surface area contributed by atoms with E-state index < -0.39 is 34.4 Å². The number of nitrogens with two attached hydrogens (primary N) is 1. The smallest absolute Gasteiger partial charge is 0.322 e. The molecular formula is C8H11N3O5S2. The maximum atomic E-state index is 11.8. The summed E-state index contributed by atoms with van der Waals surface area (Å²) in [5, 5.41) is 9.32. The number of aromatic nitrogens is 1. The predicted octanol–water partition coefficient (Wildman–Crippen LogP) is -0.942. The van der Waals surface area contributed by atoms with Gasteiger partial charge in [0.2, 0.25) is 5.91 Å². The zero-order chi connectivity index (χ0) is 13.9. The van der Waals surface area contributed by atoms with Gasteiger partial charge in [-0.3, -0.25) is 9.59 Å². The van der Waals surface area contributed by atoms with Crippen molar-refractivity contribution in [3.05, 3.63) is 11.2 Å². The van der Waals surface area contributed by atoms with E-state index in [1.165, 1.54) is 0 Å². The minimum atomic E-state index is -4.01. The second-order valence-corrected chi connectivity index (χ2v) is 6.56. The monoisotopic (exact) mass is 293 g/mol. The summed E-state index contributed by atoms with van der Waals surface area (Å²) in [4.78, 5) is 25.2. The lowest BCUT2D eigenvalue weighted by atomic mass is 10.2. The van der Waals surface area contributed by atoms with Gasteiger partial charge >= 0.3 is 5.97 Å². The first-order valence-electron chi connectivity index (χ1n) is 4.68. The average Bonchev–Trinajstić information content (AvgIpc) is 2.63. The van der Waals surface area contributed by atoms with Gasteiger partial charge in [-0.1, -0.05) is 0 Å². The molecule has 0 aromatic carbocycles. The summed E-state index contributed by atoms with van der Waals surface area (Å²) < 4.78 is 25.4. The molecule has 1 aromatic rings. The van der Waals surface area contributed by atoms with Gasteiger partial charge in [-0.05, 0) is 6.92 Å². The minimum Gasteiger partial charge on any atom is -0.480 e. The van der Waals surface area contributed by atoms with Crippen LogP contribution in [0.3, 0.4) is 0 Å². The quantitative estimate of drug-likeness (QED) is 0.618. The molecule has 1 rings (SSSR count). The number of thiazole rings is 1. The molecule has 1 amide bonds. The third kappa shape index (κ3) is 3.75. The number of aliphatic carboxylic acids is 1. The van der Waals surface area contributed by atoms with Crippen molar-refractivity contribution < 1.29 is 23.1 Å². The number of hydrogen-bond donors (Lipinski definition) is 3. The number of carboxylic acid groups (broad SMARTS) is 1. The summed E-state index contributed by atoms with van der Waals surface area (Å²) in [7, 11) is -4.01. The van der Waals surface area contributed by atoms with E-state index in [1.54, 1.807) is 6.92 Å². The summed E-state index contributed by atoms with van der Waals surface area (Å²) in [5.74, 6) is -2.39. The van der Waals surface area contributed by atoms with Crippen molar-refractivity contribution in [2.24, 2.45) is 5.73 Å². The molecule has 0 aliphatic carbocycles. The largest absolute Gasteiger partial charge is 0.480 e. The van der Waals surface area contributed by atoms with Crippen LogP contribution in [0.25, 0.3) is 0 Å². The number of carbonyl (C=O) groups excluding carboxylic acids is 1. The first kappa shape index (κ1) is 14.5. The Labute approximate surface area is 107 Å². The molecular weight excluding hydrogens is 282 g/mol. The van der Waals surface area contributed by atoms with Gasteiger partial charge in [0.05, 0.1) is 17.6 Å². The van der Waals surface area contributed by atoms with E-state index in [9.17, 15) is 18.0 Å². The Kier molecular flexibility index (Phi) is 4.38. The van der Waals surface area contributed by atoms with Gasteiger partial charge in [-0.25, -0.2) is 13.4 Å². The number of carboxylic acids is 1. The van der Waals surface area contributed by atoms with Crippen molar-refractivity contribution in [1.29, 1.82) is 0 Å². The van der Waals surface area contributed by atoms with Gasteiger partial charge in [0.25, 0.3) is 10.0 Å². The van der Waals surface area contributed by atoms with Gasteiger partial charge in [0.15, 0.2) is 4.21 Å². The maximum Gasteiger partial charge on any atom is 0.322 e. The van der Waals surface area contributed by atoms with Crippen LogP contribution in [0.2, 0.25) is 0 Å². The highest BCUT2D eigenvalue weighted by molar-refractivity contribution is 7.91. The maximum absolute atomic E-state index is 11.8. The number of aryl methyl sites for hydroxylation is 1. The van der Waals surface area contributed by atoms with Crippen LogP contribution >= 0.6 is 11.3 Å². The van der Waals surface area contributed by atoms with Crippen molar-refractivity contribution in [3.63, 3.8) is 0 Å². The Hall–Kier alpha value is -1.52. The van der Waals surface area contributed by atoms with E-state index in [-0.39, 0.29) is 4.21 Å². The first-order valence-corrected chi connectivity index (χ1v) is 6.98. The lowest BCUT2D eigenvalue weighted by Crippen LogP contribution is -2.43. The average molecular weight is 293 g/mol. The van der Waals surface area contributed by atoms with Gasteiger partial charge in [-0.2, -0.15) is 4.72 Å². The number of carbonyl (C=O) groups is 2. The fourth-order valence-electron chi connectivity index (χ4n) is 1.09. The first-order chi connectivity index (χ1) is 8.22. The Balaban J connectivity index is 2.93. The molecule has 0 spiro atoms. The van der Waals surface area contributed by atoms with Crippen LogP contribution in [0.4, 0.5) is 0 Å². The summed E-state index contributed by atoms with van der Waals surface area (Å²) in [5.41, 5.74) is 4.85. The third-order valence-corrected chi connectivity index (χ3v) is 4.71. The van der Waals surface area contributed by atoms with Crippen LogP contribution in [0.5, 0.6) is 0 Å². The van der Waals surface area contributed by atoms with Crippen LogP contribution in [0, 0.1) is 6.92 Å². The molecule has 0 saturated carbocycles. The molecule has 0 aliphatic rings. The molecule has 100 valence electrons. The molecule has 1 aromatic heterocycles. The molecule has 1 heterocycles. The molecule has 0 radical (unpaired) electrons. The standard InChI is InChI=1S/C8H11N3O5S2/c1-4-10-3-7(17-4)18(15,16)11-5(8(13)14)2-6(9)12/h3,5,11H,2H2,1H3,(H2,9,12)(H,13,14)/t5-/m1/s1. The molecule has 0 saturated heterocycles. The van der Waals surface area contributed by atoms with Crippen molar-refractivity contribution >= 4 is 33.2 Å². The second-order valence-electron chi connectivity index (χ2n) is 3.38. The van der Waals surface area contributed by atoms with Crippen LogP contribution < -0.4 is 10.5 Å². The van der Waals surface area contributed by atoms with Crippen LogP contribution in [0.15, 0.2) is 10.4 Å². The van der Waals surface area contributed by atoms with E-state index in [4.69, 9.17) is 10.8 Å². The second kappa shape index (κ2) is 5.42. The molecule has 0 unspecified atom stereocenters. The summed E-state index contributed by atoms with van der Waals surface area (Å²) in [6, 6.07) is -1.59. The fourth-order valence-corrected chi connectivity index (χ4v) is 3.41. The number of nitrogens with one attached hydrogen (secondary N) is 1. The predicted molar refractivity (Wildman–Crippen MR) is 62.4 cm³/mol. The summed E-state index contributed by atoms with van der Waals surface area (Å²) in [6.45, 7) is 1.61. The van der Waals surface area contributed by atoms with Crippen LogP contribution in [-0.2, 0) is 19.6 Å². The van der Waals surface area contributed by atoms with E-state index in [0.717, 1.165) is 17.5 Å². The lowest BCUT2D eigenvalue weighted by Gasteiger charge is -2.11. The summed E-state index contributed by atoms with van der Waals surface area (Å²) >= 11 is 0.897. The fraction of sp³-hybridized carbons (Fsp3) is 0.375. The highest BCUT2D eigenvalue weighted by Crippen LogP contribution is 2.18. The molecule has 0 bridgehead atoms. The third-order valence-electron chi connectivity index (χ3n) is 1.87. The van der Waals surface area contributed by atoms with Gasteiger partial charge in [-0.15, -0.1) is 11.3 Å². The minimum absolute atomic E-state index is 0.115. The number of hydrogen-bond acceptors (Lipinski definition) is 6. The Morgan fingerprint density at radius 2 is 2.22 bits per heavy atom. The normalized spacial score (nSPS) is 13.2. The SMILES string of the molecule is Cc1ncc(S(=O)(=O)N[C@H](CC(N)=O)C(=O)O)s1. The number of nitrogens with zero attached hydrogens (tertiary/aromatic N) is 1. The molecule has 8 nitrogen and oxygen atoms in total. The molecule has 1 atom stereocenters. The molecule has 0 fully saturated rings. The van der Waals surface area contributed by atoms with E-state index in [0.29, 0.717) is 5.01 Å². The van der Waals surface area contributed by atoms with Crippen molar-refractivity contribution in [1.82, 2.24) is 9.71 Å². The topological polar surface area (TPSA) is 139 Å². The molecule has 4 N–H and O–H groups in total. The highest BCUT2D eigenvalue weighted by Gasteiger charge is 2.28. The van der Waals surface area contributed by atoms with Crippen molar-refractivity contribution in [3.8, 4) is 0 Å². The number of sulfonamides is 1. The summed E-state index contributed by atoms with van der Waals surface area (Å²) in [6.07, 6.45) is 0.498.